The van der Waals surface area contributed by atoms with Crippen LogP contribution in [0.4, 0.5) is 4.79 Å². The second kappa shape index (κ2) is 10.8. The Kier molecular flexibility index (Phi) is 7.63. The van der Waals surface area contributed by atoms with Crippen LogP contribution in [0.25, 0.3) is 6.08 Å². The Morgan fingerprint density at radius 3 is 2.53 bits per heavy atom. The van der Waals surface area contributed by atoms with Gasteiger partial charge in [-0.05, 0) is 61.9 Å². The van der Waals surface area contributed by atoms with Gasteiger partial charge >= 0.3 is 6.03 Å². The lowest BCUT2D eigenvalue weighted by Gasteiger charge is -2.41. The van der Waals surface area contributed by atoms with Gasteiger partial charge < -0.3 is 9.64 Å². The largest absolute Gasteiger partial charge is 0.497 e. The molecule has 0 unspecified atom stereocenters. The van der Waals surface area contributed by atoms with E-state index in [0.717, 1.165) is 49.4 Å². The van der Waals surface area contributed by atoms with E-state index in [1.807, 2.05) is 54.4 Å². The molecule has 3 heterocycles. The lowest BCUT2D eigenvalue weighted by atomic mass is 9.85. The molecule has 1 spiro atoms. The van der Waals surface area contributed by atoms with Crippen LogP contribution in [0.15, 0.2) is 54.9 Å². The number of urea groups is 1. The number of hydrogen-bond acceptors (Lipinski definition) is 5. The van der Waals surface area contributed by atoms with Crippen molar-refractivity contribution in [2.45, 2.75) is 38.1 Å². The van der Waals surface area contributed by atoms with E-state index in [1.165, 1.54) is 4.90 Å². The molecule has 0 bridgehead atoms. The first-order chi connectivity index (χ1) is 16.6. The molecule has 0 radical (unpaired) electrons. The Labute approximate surface area is 202 Å². The molecule has 0 N–H and O–H groups in total. The number of methoxy groups -OCH3 is 1. The molecule has 0 aliphatic carbocycles. The van der Waals surface area contributed by atoms with E-state index in [0.29, 0.717) is 25.9 Å². The molecule has 180 valence electrons. The molecule has 34 heavy (non-hydrogen) atoms. The van der Waals surface area contributed by atoms with Crippen LogP contribution in [-0.4, -0.2) is 77.0 Å². The molecule has 1 aromatic carbocycles. The van der Waals surface area contributed by atoms with Crippen molar-refractivity contribution in [3.63, 3.8) is 0 Å². The van der Waals surface area contributed by atoms with Crippen molar-refractivity contribution in [3.05, 3.63) is 66.0 Å². The highest BCUT2D eigenvalue weighted by Crippen LogP contribution is 2.37. The predicted octanol–water partition coefficient (Wildman–Crippen LogP) is 3.85. The van der Waals surface area contributed by atoms with Crippen LogP contribution in [-0.2, 0) is 11.2 Å². The summed E-state index contributed by atoms with van der Waals surface area (Å²) in [6.07, 6.45) is 10.8. The van der Waals surface area contributed by atoms with Crippen LogP contribution in [0.1, 0.15) is 37.3 Å². The summed E-state index contributed by atoms with van der Waals surface area (Å²) in [5.41, 5.74) is 1.57. The standard InChI is InChI=1S/C27H34N4O3/c1-3-31-26(33)30(18-6-9-23-7-4-16-28-21-23)25(32)27(31)14-19-29(20-15-27)17-5-8-22-10-12-24(34-2)13-11-22/h4-5,7-8,10-13,16,21H,3,6,9,14-15,17-20H2,1-2H3/b8-5+. The molecule has 7 heteroatoms. The fourth-order valence-electron chi connectivity index (χ4n) is 5.05. The monoisotopic (exact) mass is 462 g/mol. The van der Waals surface area contributed by atoms with Gasteiger partial charge in [0.15, 0.2) is 0 Å². The molecular formula is C27H34N4O3. The van der Waals surface area contributed by atoms with Crippen LogP contribution in [0.5, 0.6) is 5.75 Å². The van der Waals surface area contributed by atoms with E-state index >= 15 is 0 Å². The molecule has 4 rings (SSSR count). The van der Waals surface area contributed by atoms with E-state index in [1.54, 1.807) is 13.3 Å². The van der Waals surface area contributed by atoms with Crippen molar-refractivity contribution in [3.8, 4) is 5.75 Å². The summed E-state index contributed by atoms with van der Waals surface area (Å²) in [6, 6.07) is 11.8. The van der Waals surface area contributed by atoms with Crippen molar-refractivity contribution in [1.82, 2.24) is 19.7 Å². The minimum Gasteiger partial charge on any atom is -0.497 e. The fraction of sp³-hybridized carbons (Fsp3) is 0.444. The number of carbonyl (C=O) groups excluding carboxylic acids is 2. The number of nitrogens with zero attached hydrogens (tertiary/aromatic N) is 4. The summed E-state index contributed by atoms with van der Waals surface area (Å²) in [6.45, 7) is 5.40. The van der Waals surface area contributed by atoms with Crippen LogP contribution in [0, 0.1) is 0 Å². The van der Waals surface area contributed by atoms with E-state index in [4.69, 9.17) is 4.74 Å². The van der Waals surface area contributed by atoms with Gasteiger partial charge in [-0.15, -0.1) is 0 Å². The third-order valence-corrected chi connectivity index (χ3v) is 6.98. The summed E-state index contributed by atoms with van der Waals surface area (Å²) in [7, 11) is 1.66. The lowest BCUT2D eigenvalue weighted by molar-refractivity contribution is -0.135. The molecule has 2 fully saturated rings. The SMILES string of the molecule is CCN1C(=O)N(CCCc2cccnc2)C(=O)C12CCN(C/C=C/c1ccc(OC)cc1)CC2. The molecule has 0 saturated carbocycles. The summed E-state index contributed by atoms with van der Waals surface area (Å²) in [5.74, 6) is 0.833. The van der Waals surface area contributed by atoms with Crippen molar-refractivity contribution < 1.29 is 14.3 Å². The maximum Gasteiger partial charge on any atom is 0.327 e. The van der Waals surface area contributed by atoms with Crippen molar-refractivity contribution in [1.29, 1.82) is 0 Å². The average Bonchev–Trinajstić information content (AvgIpc) is 3.07. The third kappa shape index (κ3) is 4.99. The molecule has 0 atom stereocenters. The second-order valence-electron chi connectivity index (χ2n) is 8.96. The molecule has 3 amide bonds. The highest BCUT2D eigenvalue weighted by atomic mass is 16.5. The highest BCUT2D eigenvalue weighted by molar-refractivity contribution is 6.07. The number of hydrogen-bond donors (Lipinski definition) is 0. The van der Waals surface area contributed by atoms with E-state index < -0.39 is 5.54 Å². The van der Waals surface area contributed by atoms with E-state index in [-0.39, 0.29) is 11.9 Å². The third-order valence-electron chi connectivity index (χ3n) is 6.98. The number of aromatic nitrogens is 1. The van der Waals surface area contributed by atoms with Crippen LogP contribution < -0.4 is 4.74 Å². The maximum atomic E-state index is 13.5. The molecule has 2 saturated heterocycles. The second-order valence-corrected chi connectivity index (χ2v) is 8.96. The van der Waals surface area contributed by atoms with Crippen LogP contribution in [0.3, 0.4) is 0 Å². The first kappa shape index (κ1) is 24.0. The van der Waals surface area contributed by atoms with Gasteiger partial charge in [0, 0.05) is 45.1 Å². The predicted molar refractivity (Wildman–Crippen MR) is 132 cm³/mol. The van der Waals surface area contributed by atoms with Gasteiger partial charge in [0.05, 0.1) is 7.11 Å². The number of amides is 3. The molecule has 2 aromatic rings. The summed E-state index contributed by atoms with van der Waals surface area (Å²) in [5, 5.41) is 0. The number of imide groups is 1. The normalized spacial score (nSPS) is 18.4. The number of benzene rings is 1. The summed E-state index contributed by atoms with van der Waals surface area (Å²) < 4.78 is 5.20. The van der Waals surface area contributed by atoms with Gasteiger partial charge in [0.2, 0.25) is 0 Å². The Morgan fingerprint density at radius 1 is 1.12 bits per heavy atom. The van der Waals surface area contributed by atoms with Crippen molar-refractivity contribution in [2.75, 3.05) is 39.8 Å². The van der Waals surface area contributed by atoms with Crippen molar-refractivity contribution in [2.24, 2.45) is 0 Å². The van der Waals surface area contributed by atoms with Gasteiger partial charge in [0.1, 0.15) is 11.3 Å². The van der Waals surface area contributed by atoms with Crippen LogP contribution >= 0.6 is 0 Å². The number of pyridine rings is 1. The lowest BCUT2D eigenvalue weighted by Crippen LogP contribution is -2.56. The van der Waals surface area contributed by atoms with E-state index in [9.17, 15) is 9.59 Å². The zero-order valence-electron chi connectivity index (χ0n) is 20.2. The minimum atomic E-state index is -0.684. The zero-order valence-corrected chi connectivity index (χ0v) is 20.2. The number of likely N-dealkylation sites (tertiary alicyclic amines) is 1. The van der Waals surface area contributed by atoms with Gasteiger partial charge in [-0.2, -0.15) is 0 Å². The van der Waals surface area contributed by atoms with Gasteiger partial charge in [-0.25, -0.2) is 4.79 Å². The summed E-state index contributed by atoms with van der Waals surface area (Å²) >= 11 is 0. The molecule has 2 aliphatic rings. The fourth-order valence-corrected chi connectivity index (χ4v) is 5.05. The topological polar surface area (TPSA) is 66.0 Å². The molecule has 2 aliphatic heterocycles. The Balaban J connectivity index is 1.32. The van der Waals surface area contributed by atoms with Gasteiger partial charge in [0.25, 0.3) is 5.91 Å². The maximum absolute atomic E-state index is 13.5. The molecule has 1 aromatic heterocycles. The van der Waals surface area contributed by atoms with Gasteiger partial charge in [-0.3, -0.25) is 19.6 Å². The van der Waals surface area contributed by atoms with E-state index in [2.05, 4.69) is 22.0 Å². The first-order valence-electron chi connectivity index (χ1n) is 12.1. The quantitative estimate of drug-likeness (QED) is 0.530. The Morgan fingerprint density at radius 2 is 1.88 bits per heavy atom. The molecular weight excluding hydrogens is 428 g/mol. The summed E-state index contributed by atoms with van der Waals surface area (Å²) in [4.78, 5) is 36.4. The number of piperidine rings is 1. The van der Waals surface area contributed by atoms with Crippen LogP contribution in [0.2, 0.25) is 0 Å². The first-order valence-corrected chi connectivity index (χ1v) is 12.1. The number of ether oxygens (including phenoxy) is 1. The Hall–Kier alpha value is -3.19. The number of rotatable bonds is 9. The number of carbonyl (C=O) groups is 2. The minimum absolute atomic E-state index is 0.0149. The smallest absolute Gasteiger partial charge is 0.327 e. The highest BCUT2D eigenvalue weighted by Gasteiger charge is 2.56. The number of likely N-dealkylation sites (N-methyl/N-ethyl adjacent to an activating group) is 1. The van der Waals surface area contributed by atoms with Crippen molar-refractivity contribution >= 4 is 18.0 Å². The Bertz CT molecular complexity index is 998. The molecule has 7 nitrogen and oxygen atoms in total. The zero-order chi connectivity index (χ0) is 24.0. The van der Waals surface area contributed by atoms with Gasteiger partial charge in [-0.1, -0.05) is 30.4 Å². The average molecular weight is 463 g/mol. The number of aryl methyl sites for hydroxylation is 1.